The van der Waals surface area contributed by atoms with Crippen molar-refractivity contribution in [2.75, 3.05) is 18.5 Å². The van der Waals surface area contributed by atoms with E-state index in [1.165, 1.54) is 18.2 Å². The topological polar surface area (TPSA) is 70.6 Å². The molecule has 0 bridgehead atoms. The summed E-state index contributed by atoms with van der Waals surface area (Å²) in [5.41, 5.74) is 0.736. The lowest BCUT2D eigenvalue weighted by molar-refractivity contribution is 0.170. The van der Waals surface area contributed by atoms with Crippen LogP contribution in [0.3, 0.4) is 0 Å². The van der Waals surface area contributed by atoms with Gasteiger partial charge < -0.3 is 20.5 Å². The molecule has 0 saturated heterocycles. The smallest absolute Gasteiger partial charge is 0.319 e. The minimum absolute atomic E-state index is 0.0935. The predicted molar refractivity (Wildman–Crippen MR) is 86.0 cm³/mol. The molecule has 3 N–H and O–H groups in total. The summed E-state index contributed by atoms with van der Waals surface area (Å²) < 4.78 is 18.8. The molecule has 2 rings (SSSR count). The van der Waals surface area contributed by atoms with E-state index in [4.69, 9.17) is 4.74 Å². The van der Waals surface area contributed by atoms with Crippen molar-refractivity contribution in [2.45, 2.75) is 13.0 Å². The van der Waals surface area contributed by atoms with E-state index in [-0.39, 0.29) is 12.1 Å². The summed E-state index contributed by atoms with van der Waals surface area (Å²) in [4.78, 5) is 11.8. The third-order valence-corrected chi connectivity index (χ3v) is 3.14. The second kappa shape index (κ2) is 8.14. The van der Waals surface area contributed by atoms with Crippen LogP contribution >= 0.6 is 0 Å². The molecule has 122 valence electrons. The Labute approximate surface area is 134 Å². The Balaban J connectivity index is 1.84. The number of hydrogen-bond acceptors (Lipinski definition) is 3. The Kier molecular flexibility index (Phi) is 5.94. The van der Waals surface area contributed by atoms with Crippen LogP contribution in [0.2, 0.25) is 0 Å². The molecule has 1 atom stereocenters. The number of urea groups is 1. The monoisotopic (exact) mass is 318 g/mol. The molecule has 0 spiro atoms. The molecule has 0 saturated carbocycles. The van der Waals surface area contributed by atoms with E-state index in [1.54, 1.807) is 30.3 Å². The van der Waals surface area contributed by atoms with Gasteiger partial charge in [-0.3, -0.25) is 0 Å². The zero-order valence-electron chi connectivity index (χ0n) is 12.8. The quantitative estimate of drug-likeness (QED) is 0.766. The minimum Gasteiger partial charge on any atom is -0.494 e. The number of aliphatic hydroxyl groups excluding tert-OH is 1. The van der Waals surface area contributed by atoms with E-state index in [0.29, 0.717) is 18.0 Å². The van der Waals surface area contributed by atoms with Crippen LogP contribution in [0.15, 0.2) is 48.5 Å². The first-order valence-electron chi connectivity index (χ1n) is 7.30. The SMILES string of the molecule is CCOc1ccc(NC(=O)NCC(O)c2ccccc2F)cc1. The second-order valence-electron chi connectivity index (χ2n) is 4.83. The van der Waals surface area contributed by atoms with Gasteiger partial charge in [0.05, 0.1) is 12.7 Å². The maximum atomic E-state index is 13.5. The Morgan fingerprint density at radius 3 is 2.57 bits per heavy atom. The van der Waals surface area contributed by atoms with Gasteiger partial charge in [0, 0.05) is 17.8 Å². The molecule has 0 aliphatic rings. The van der Waals surface area contributed by atoms with Gasteiger partial charge in [-0.15, -0.1) is 0 Å². The Hall–Kier alpha value is -2.60. The van der Waals surface area contributed by atoms with E-state index in [1.807, 2.05) is 6.92 Å². The third-order valence-electron chi connectivity index (χ3n) is 3.14. The molecule has 23 heavy (non-hydrogen) atoms. The van der Waals surface area contributed by atoms with Crippen molar-refractivity contribution in [3.8, 4) is 5.75 Å². The lowest BCUT2D eigenvalue weighted by Gasteiger charge is -2.13. The molecule has 0 aliphatic carbocycles. The first kappa shape index (κ1) is 16.8. The Bertz CT molecular complexity index is 647. The number of rotatable bonds is 6. The summed E-state index contributed by atoms with van der Waals surface area (Å²) in [6, 6.07) is 12.3. The lowest BCUT2D eigenvalue weighted by Crippen LogP contribution is -2.32. The second-order valence-corrected chi connectivity index (χ2v) is 4.83. The van der Waals surface area contributed by atoms with Crippen molar-refractivity contribution >= 4 is 11.7 Å². The largest absolute Gasteiger partial charge is 0.494 e. The number of ether oxygens (including phenoxy) is 1. The summed E-state index contributed by atoms with van der Waals surface area (Å²) in [6.07, 6.45) is -1.11. The number of nitrogens with one attached hydrogen (secondary N) is 2. The number of amides is 2. The number of hydrogen-bond donors (Lipinski definition) is 3. The first-order chi connectivity index (χ1) is 11.1. The highest BCUT2D eigenvalue weighted by Gasteiger charge is 2.13. The maximum absolute atomic E-state index is 13.5. The zero-order chi connectivity index (χ0) is 16.7. The maximum Gasteiger partial charge on any atom is 0.319 e. The van der Waals surface area contributed by atoms with Gasteiger partial charge in [0.2, 0.25) is 0 Å². The zero-order valence-corrected chi connectivity index (χ0v) is 12.8. The molecule has 6 heteroatoms. The fourth-order valence-corrected chi connectivity index (χ4v) is 2.02. The molecule has 0 fully saturated rings. The fourth-order valence-electron chi connectivity index (χ4n) is 2.02. The van der Waals surface area contributed by atoms with Gasteiger partial charge in [-0.2, -0.15) is 0 Å². The predicted octanol–water partition coefficient (Wildman–Crippen LogP) is 3.08. The van der Waals surface area contributed by atoms with Crippen LogP contribution < -0.4 is 15.4 Å². The molecule has 0 aliphatic heterocycles. The lowest BCUT2D eigenvalue weighted by atomic mass is 10.1. The van der Waals surface area contributed by atoms with Gasteiger partial charge in [0.25, 0.3) is 0 Å². The molecule has 5 nitrogen and oxygen atoms in total. The van der Waals surface area contributed by atoms with Crippen molar-refractivity contribution in [3.63, 3.8) is 0 Å². The number of carbonyl (C=O) groups is 1. The standard InChI is InChI=1S/C17H19FN2O3/c1-2-23-13-9-7-12(8-10-13)20-17(22)19-11-16(21)14-5-3-4-6-15(14)18/h3-10,16,21H,2,11H2,1H3,(H2,19,20,22). The Morgan fingerprint density at radius 2 is 1.91 bits per heavy atom. The summed E-state index contributed by atoms with van der Waals surface area (Å²) in [5.74, 6) is 0.210. The first-order valence-corrected chi connectivity index (χ1v) is 7.30. The molecule has 2 amide bonds. The highest BCUT2D eigenvalue weighted by Crippen LogP contribution is 2.17. The van der Waals surface area contributed by atoms with Gasteiger partial charge in [-0.1, -0.05) is 18.2 Å². The van der Waals surface area contributed by atoms with Crippen LogP contribution in [0, 0.1) is 5.82 Å². The van der Waals surface area contributed by atoms with Crippen molar-refractivity contribution in [3.05, 3.63) is 59.9 Å². The normalized spacial score (nSPS) is 11.6. The van der Waals surface area contributed by atoms with Crippen LogP contribution in [-0.4, -0.2) is 24.3 Å². The molecule has 1 unspecified atom stereocenters. The van der Waals surface area contributed by atoms with E-state index < -0.39 is 18.0 Å². The van der Waals surface area contributed by atoms with Crippen molar-refractivity contribution < 1.29 is 19.0 Å². The third kappa shape index (κ3) is 4.96. The molecular weight excluding hydrogens is 299 g/mol. The van der Waals surface area contributed by atoms with Gasteiger partial charge >= 0.3 is 6.03 Å². The molecule has 2 aromatic rings. The van der Waals surface area contributed by atoms with Crippen LogP contribution in [0.4, 0.5) is 14.9 Å². The van der Waals surface area contributed by atoms with Crippen LogP contribution in [-0.2, 0) is 0 Å². The molecule has 0 aromatic heterocycles. The van der Waals surface area contributed by atoms with Crippen molar-refractivity contribution in [1.29, 1.82) is 0 Å². The average Bonchev–Trinajstić information content (AvgIpc) is 2.55. The number of aliphatic hydroxyl groups is 1. The average molecular weight is 318 g/mol. The summed E-state index contributed by atoms with van der Waals surface area (Å²) in [7, 11) is 0. The minimum atomic E-state index is -1.11. The van der Waals surface area contributed by atoms with Gasteiger partial charge in [0.15, 0.2) is 0 Å². The number of benzene rings is 2. The van der Waals surface area contributed by atoms with Gasteiger partial charge in [0.1, 0.15) is 11.6 Å². The van der Waals surface area contributed by atoms with Crippen LogP contribution in [0.1, 0.15) is 18.6 Å². The highest BCUT2D eigenvalue weighted by atomic mass is 19.1. The number of halogens is 1. The van der Waals surface area contributed by atoms with Gasteiger partial charge in [-0.25, -0.2) is 9.18 Å². The fraction of sp³-hybridized carbons (Fsp3) is 0.235. The van der Waals surface area contributed by atoms with E-state index >= 15 is 0 Å². The summed E-state index contributed by atoms with van der Waals surface area (Å²) in [5, 5.41) is 15.0. The van der Waals surface area contributed by atoms with Crippen LogP contribution in [0.25, 0.3) is 0 Å². The summed E-state index contributed by atoms with van der Waals surface area (Å²) >= 11 is 0. The molecule has 0 heterocycles. The van der Waals surface area contributed by atoms with E-state index in [9.17, 15) is 14.3 Å². The van der Waals surface area contributed by atoms with Crippen molar-refractivity contribution in [2.24, 2.45) is 0 Å². The Morgan fingerprint density at radius 1 is 1.22 bits per heavy atom. The number of anilines is 1. The van der Waals surface area contributed by atoms with Crippen molar-refractivity contribution in [1.82, 2.24) is 5.32 Å². The number of carbonyl (C=O) groups excluding carboxylic acids is 1. The van der Waals surface area contributed by atoms with Crippen LogP contribution in [0.5, 0.6) is 5.75 Å². The molecule has 2 aromatic carbocycles. The summed E-state index contributed by atoms with van der Waals surface area (Å²) in [6.45, 7) is 2.37. The van der Waals surface area contributed by atoms with E-state index in [0.717, 1.165) is 0 Å². The highest BCUT2D eigenvalue weighted by molar-refractivity contribution is 5.89. The van der Waals surface area contributed by atoms with Gasteiger partial charge in [-0.05, 0) is 37.3 Å². The molecule has 0 radical (unpaired) electrons. The van der Waals surface area contributed by atoms with E-state index in [2.05, 4.69) is 10.6 Å². The molecular formula is C17H19FN2O3.